The van der Waals surface area contributed by atoms with Gasteiger partial charge in [0.25, 0.3) is 11.8 Å². The van der Waals surface area contributed by atoms with E-state index >= 15 is 0 Å². The first-order chi connectivity index (χ1) is 18.4. The number of amides is 2. The number of anilines is 1. The zero-order valence-electron chi connectivity index (χ0n) is 20.9. The van der Waals surface area contributed by atoms with Crippen LogP contribution in [0.1, 0.15) is 32.1 Å². The number of benzene rings is 2. The number of hydrogen-bond donors (Lipinski definition) is 4. The van der Waals surface area contributed by atoms with Crippen LogP contribution in [-0.4, -0.2) is 49.3 Å². The van der Waals surface area contributed by atoms with Crippen LogP contribution < -0.4 is 21.5 Å². The third-order valence-corrected chi connectivity index (χ3v) is 5.37. The van der Waals surface area contributed by atoms with Crippen LogP contribution in [0, 0.1) is 0 Å². The quantitative estimate of drug-likeness (QED) is 0.232. The summed E-state index contributed by atoms with van der Waals surface area (Å²) in [5.74, 6) is 0.245. The molecule has 0 aliphatic carbocycles. The highest BCUT2D eigenvalue weighted by Crippen LogP contribution is 2.27. The molecule has 0 radical (unpaired) electrons. The van der Waals surface area contributed by atoms with Gasteiger partial charge in [0.15, 0.2) is 5.82 Å². The molecule has 0 aliphatic heterocycles. The van der Waals surface area contributed by atoms with Gasteiger partial charge in [-0.2, -0.15) is 10.3 Å². The lowest BCUT2D eigenvalue weighted by molar-refractivity contribution is 0.0946. The molecule has 38 heavy (non-hydrogen) atoms. The van der Waals surface area contributed by atoms with Gasteiger partial charge in [-0.3, -0.25) is 9.59 Å². The Hall–Kier alpha value is -5.26. The van der Waals surface area contributed by atoms with Crippen molar-refractivity contribution in [1.29, 1.82) is 0 Å². The van der Waals surface area contributed by atoms with Gasteiger partial charge in [-0.25, -0.2) is 4.68 Å². The van der Waals surface area contributed by atoms with E-state index in [4.69, 9.17) is 16.2 Å². The Morgan fingerprint density at radius 2 is 1.84 bits per heavy atom. The molecule has 2 aromatic carbocycles. The number of allylic oxidation sites excluding steroid dienone is 2. The summed E-state index contributed by atoms with van der Waals surface area (Å²) in [5.41, 5.74) is 14.2. The number of nitrogen functional groups attached to an aromatic ring is 1. The Kier molecular flexibility index (Phi) is 9.46. The van der Waals surface area contributed by atoms with Crippen molar-refractivity contribution in [1.82, 2.24) is 35.7 Å². The molecule has 0 aliphatic rings. The number of primary amides is 1. The van der Waals surface area contributed by atoms with E-state index in [1.807, 2.05) is 12.1 Å². The van der Waals surface area contributed by atoms with Gasteiger partial charge in [0, 0.05) is 18.5 Å². The number of nitrogens with zero attached hydrogens (tertiary/aromatic N) is 5. The molecule has 12 nitrogen and oxygen atoms in total. The van der Waals surface area contributed by atoms with E-state index in [0.29, 0.717) is 47.9 Å². The summed E-state index contributed by atoms with van der Waals surface area (Å²) in [7, 11) is 1.52. The van der Waals surface area contributed by atoms with Crippen LogP contribution in [0.4, 0.5) is 5.82 Å². The van der Waals surface area contributed by atoms with Gasteiger partial charge in [0.2, 0.25) is 0 Å². The van der Waals surface area contributed by atoms with Gasteiger partial charge >= 0.3 is 0 Å². The molecule has 0 atom stereocenters. The minimum absolute atomic E-state index is 0.144. The molecule has 2 aromatic heterocycles. The molecule has 12 heteroatoms. The maximum atomic E-state index is 12.5. The average Bonchev–Trinajstić information content (AvgIpc) is 3.58. The lowest BCUT2D eigenvalue weighted by Gasteiger charge is -2.09. The maximum absolute atomic E-state index is 12.5. The molecule has 0 spiro atoms. The number of para-hydroxylation sites is 1. The van der Waals surface area contributed by atoms with Crippen LogP contribution in [0.5, 0.6) is 5.75 Å². The topological polar surface area (TPSA) is 180 Å². The van der Waals surface area contributed by atoms with Crippen molar-refractivity contribution in [2.75, 3.05) is 12.8 Å². The molecule has 4 rings (SSSR count). The van der Waals surface area contributed by atoms with Crippen molar-refractivity contribution in [3.63, 3.8) is 0 Å². The number of methoxy groups -OCH3 is 1. The SMILES string of the molecule is C=CC=C.COc1ccccc1C(=O)NCc1ccc(-c2nn(CCc3nn[nH]n3)c(N)c2C(N)=O)cc1. The van der Waals surface area contributed by atoms with Crippen LogP contribution in [-0.2, 0) is 19.5 Å². The van der Waals surface area contributed by atoms with Crippen LogP contribution in [0.3, 0.4) is 0 Å². The molecule has 0 fully saturated rings. The Morgan fingerprint density at radius 1 is 1.13 bits per heavy atom. The van der Waals surface area contributed by atoms with Gasteiger partial charge in [-0.05, 0) is 17.7 Å². The summed E-state index contributed by atoms with van der Waals surface area (Å²) < 4.78 is 6.73. The van der Waals surface area contributed by atoms with E-state index in [1.165, 1.54) is 11.8 Å². The third-order valence-electron chi connectivity index (χ3n) is 5.37. The largest absolute Gasteiger partial charge is 0.496 e. The van der Waals surface area contributed by atoms with Gasteiger partial charge in [-0.15, -0.1) is 10.2 Å². The molecule has 4 aromatic rings. The lowest BCUT2D eigenvalue weighted by Crippen LogP contribution is -2.23. The normalized spacial score (nSPS) is 10.1. The predicted octanol–water partition coefficient (Wildman–Crippen LogP) is 2.28. The fraction of sp³-hybridized carbons (Fsp3) is 0.154. The average molecular weight is 516 g/mol. The molecular weight excluding hydrogens is 486 g/mol. The molecule has 0 bridgehead atoms. The number of ether oxygens (including phenoxy) is 1. The summed E-state index contributed by atoms with van der Waals surface area (Å²) in [6.45, 7) is 7.37. The molecule has 0 saturated heterocycles. The number of nitrogens with one attached hydrogen (secondary N) is 2. The number of aromatic amines is 1. The fourth-order valence-corrected chi connectivity index (χ4v) is 3.47. The van der Waals surface area contributed by atoms with E-state index in [9.17, 15) is 9.59 Å². The number of aromatic nitrogens is 6. The Morgan fingerprint density at radius 3 is 2.45 bits per heavy atom. The van der Waals surface area contributed by atoms with Crippen LogP contribution in [0.25, 0.3) is 11.3 Å². The lowest BCUT2D eigenvalue weighted by atomic mass is 10.0. The number of nitrogens with two attached hydrogens (primary N) is 2. The summed E-state index contributed by atoms with van der Waals surface area (Å²) >= 11 is 0. The number of carbonyl (C=O) groups excluding carboxylic acids is 2. The van der Waals surface area contributed by atoms with Crippen molar-refractivity contribution >= 4 is 17.6 Å². The highest BCUT2D eigenvalue weighted by atomic mass is 16.5. The number of tetrazole rings is 1. The maximum Gasteiger partial charge on any atom is 0.255 e. The van der Waals surface area contributed by atoms with Gasteiger partial charge in [0.05, 0.1) is 19.2 Å². The van der Waals surface area contributed by atoms with E-state index in [0.717, 1.165) is 5.56 Å². The van der Waals surface area contributed by atoms with Gasteiger partial charge < -0.3 is 21.5 Å². The number of carbonyl (C=O) groups is 2. The Bertz CT molecular complexity index is 1390. The van der Waals surface area contributed by atoms with Gasteiger partial charge in [-0.1, -0.05) is 66.9 Å². The predicted molar refractivity (Wildman–Crippen MR) is 143 cm³/mol. The number of aryl methyl sites for hydroxylation is 2. The van der Waals surface area contributed by atoms with Crippen LogP contribution >= 0.6 is 0 Å². The highest BCUT2D eigenvalue weighted by Gasteiger charge is 2.21. The first kappa shape index (κ1) is 27.3. The zero-order chi connectivity index (χ0) is 27.5. The molecule has 0 saturated carbocycles. The smallest absolute Gasteiger partial charge is 0.255 e. The second-order valence-electron chi connectivity index (χ2n) is 7.83. The van der Waals surface area contributed by atoms with E-state index in [-0.39, 0.29) is 17.3 Å². The second-order valence-corrected chi connectivity index (χ2v) is 7.83. The van der Waals surface area contributed by atoms with Gasteiger partial charge in [0.1, 0.15) is 22.8 Å². The second kappa shape index (κ2) is 13.2. The Balaban J connectivity index is 0.000000934. The molecule has 2 heterocycles. The molecule has 0 unspecified atom stereocenters. The van der Waals surface area contributed by atoms with Crippen LogP contribution in [0.15, 0.2) is 73.8 Å². The van der Waals surface area contributed by atoms with Crippen molar-refractivity contribution in [2.24, 2.45) is 5.73 Å². The van der Waals surface area contributed by atoms with Crippen molar-refractivity contribution < 1.29 is 14.3 Å². The van der Waals surface area contributed by atoms with Crippen LogP contribution in [0.2, 0.25) is 0 Å². The highest BCUT2D eigenvalue weighted by molar-refractivity contribution is 6.03. The summed E-state index contributed by atoms with van der Waals surface area (Å²) in [6, 6.07) is 14.2. The first-order valence-electron chi connectivity index (χ1n) is 11.5. The number of H-pyrrole nitrogens is 1. The minimum Gasteiger partial charge on any atom is -0.496 e. The van der Waals surface area contributed by atoms with E-state index in [2.05, 4.69) is 44.2 Å². The number of hydrogen-bond acceptors (Lipinski definition) is 8. The molecule has 2 amide bonds. The van der Waals surface area contributed by atoms with Crippen molar-refractivity contribution in [2.45, 2.75) is 19.5 Å². The molecule has 196 valence electrons. The number of rotatable bonds is 10. The summed E-state index contributed by atoms with van der Waals surface area (Å²) in [6.07, 6.45) is 3.70. The first-order valence-corrected chi connectivity index (χ1v) is 11.5. The monoisotopic (exact) mass is 515 g/mol. The van der Waals surface area contributed by atoms with Crippen molar-refractivity contribution in [3.05, 3.63) is 96.4 Å². The summed E-state index contributed by atoms with van der Waals surface area (Å²) in [5, 5.41) is 21.0. The minimum atomic E-state index is -0.675. The van der Waals surface area contributed by atoms with E-state index < -0.39 is 5.91 Å². The molecular formula is C26H29N9O3. The van der Waals surface area contributed by atoms with Crippen molar-refractivity contribution in [3.8, 4) is 17.0 Å². The third kappa shape index (κ3) is 6.69. The molecule has 6 N–H and O–H groups in total. The summed E-state index contributed by atoms with van der Waals surface area (Å²) in [4.78, 5) is 24.6. The standard InChI is InChI=1S/C22H23N9O3.C4H6/c1-34-16-5-3-2-4-15(16)22(33)25-12-13-6-8-14(9-7-13)19-18(21(24)32)20(23)31(28-19)11-10-17-26-29-30-27-17;1-3-4-2/h2-9H,10-12,23H2,1H3,(H2,24,32)(H,25,33)(H,26,27,29,30);3-4H,1-2H2. The fourth-order valence-electron chi connectivity index (χ4n) is 3.47. The Labute approximate surface area is 219 Å². The zero-order valence-corrected chi connectivity index (χ0v) is 20.9. The van der Waals surface area contributed by atoms with E-state index in [1.54, 1.807) is 48.6 Å².